The number of carbonyl (C=O) groups is 2. The first-order valence-corrected chi connectivity index (χ1v) is 9.00. The van der Waals surface area contributed by atoms with E-state index in [2.05, 4.69) is 5.32 Å². The lowest BCUT2D eigenvalue weighted by molar-refractivity contribution is -0.130. The molecule has 1 aliphatic heterocycles. The molecule has 1 atom stereocenters. The Bertz CT molecular complexity index is 579. The van der Waals surface area contributed by atoms with E-state index in [4.69, 9.17) is 4.74 Å². The fourth-order valence-electron chi connectivity index (χ4n) is 3.70. The quantitative estimate of drug-likeness (QED) is 0.902. The molecule has 2 fully saturated rings. The number of likely N-dealkylation sites (tertiary alicyclic amines) is 1. The molecule has 2 aliphatic rings. The molecule has 0 radical (unpaired) electrons. The van der Waals surface area contributed by atoms with E-state index in [-0.39, 0.29) is 17.7 Å². The van der Waals surface area contributed by atoms with Crippen LogP contribution in [0.25, 0.3) is 0 Å². The summed E-state index contributed by atoms with van der Waals surface area (Å²) in [5.41, 5.74) is 0.743. The van der Waals surface area contributed by atoms with Crippen molar-refractivity contribution < 1.29 is 14.3 Å². The van der Waals surface area contributed by atoms with Crippen molar-refractivity contribution in [3.05, 3.63) is 24.3 Å². The average Bonchev–Trinajstić information content (AvgIpc) is 3.00. The molecule has 0 unspecified atom stereocenters. The molecule has 130 valence electrons. The third kappa shape index (κ3) is 3.89. The highest BCUT2D eigenvalue weighted by molar-refractivity contribution is 5.97. The van der Waals surface area contributed by atoms with Crippen molar-refractivity contribution in [3.63, 3.8) is 0 Å². The molecule has 0 aromatic heterocycles. The maximum absolute atomic E-state index is 12.5. The number of anilines is 1. The summed E-state index contributed by atoms with van der Waals surface area (Å²) in [5, 5.41) is 2.92. The molecule has 1 aliphatic carbocycles. The average molecular weight is 330 g/mol. The van der Waals surface area contributed by atoms with Crippen molar-refractivity contribution in [2.45, 2.75) is 51.5 Å². The Balaban J connectivity index is 1.56. The zero-order chi connectivity index (χ0) is 16.9. The Morgan fingerprint density at radius 2 is 1.92 bits per heavy atom. The van der Waals surface area contributed by atoms with E-state index in [0.29, 0.717) is 25.6 Å². The van der Waals surface area contributed by atoms with Gasteiger partial charge < -0.3 is 15.0 Å². The molecule has 3 rings (SSSR count). The maximum atomic E-state index is 12.5. The fourth-order valence-corrected chi connectivity index (χ4v) is 3.70. The predicted molar refractivity (Wildman–Crippen MR) is 92.9 cm³/mol. The van der Waals surface area contributed by atoms with Crippen molar-refractivity contribution in [2.75, 3.05) is 18.5 Å². The Kier molecular flexibility index (Phi) is 5.38. The maximum Gasteiger partial charge on any atom is 0.229 e. The van der Waals surface area contributed by atoms with Gasteiger partial charge >= 0.3 is 0 Å². The van der Waals surface area contributed by atoms with Crippen molar-refractivity contribution >= 4 is 17.5 Å². The third-order valence-corrected chi connectivity index (χ3v) is 4.98. The van der Waals surface area contributed by atoms with E-state index >= 15 is 0 Å². The van der Waals surface area contributed by atoms with Crippen molar-refractivity contribution in [2.24, 2.45) is 5.92 Å². The number of ether oxygens (including phenoxy) is 1. The summed E-state index contributed by atoms with van der Waals surface area (Å²) in [6, 6.07) is 7.69. The van der Waals surface area contributed by atoms with E-state index in [0.717, 1.165) is 24.3 Å². The van der Waals surface area contributed by atoms with Crippen molar-refractivity contribution in [1.82, 2.24) is 4.90 Å². The van der Waals surface area contributed by atoms with Crippen LogP contribution in [0.5, 0.6) is 5.75 Å². The summed E-state index contributed by atoms with van der Waals surface area (Å²) in [7, 11) is 0. The molecular weight excluding hydrogens is 304 g/mol. The van der Waals surface area contributed by atoms with Gasteiger partial charge in [0, 0.05) is 24.7 Å². The first-order chi connectivity index (χ1) is 11.7. The highest BCUT2D eigenvalue weighted by Gasteiger charge is 2.38. The van der Waals surface area contributed by atoms with Crippen LogP contribution in [0.1, 0.15) is 45.4 Å². The van der Waals surface area contributed by atoms with Gasteiger partial charge in [0.15, 0.2) is 0 Å². The summed E-state index contributed by atoms with van der Waals surface area (Å²) >= 11 is 0. The van der Waals surface area contributed by atoms with Crippen molar-refractivity contribution in [3.8, 4) is 5.75 Å². The molecule has 1 saturated heterocycles. The van der Waals surface area contributed by atoms with Crippen LogP contribution in [0.2, 0.25) is 0 Å². The lowest BCUT2D eigenvalue weighted by Crippen LogP contribution is -2.38. The van der Waals surface area contributed by atoms with E-state index in [1.807, 2.05) is 36.1 Å². The number of hydrogen-bond acceptors (Lipinski definition) is 3. The molecular formula is C19H26N2O3. The standard InChI is InChI=1S/C19H26N2O3/c1-2-24-17-10-8-15(9-11-17)20-19(23)14-12-18(22)21(13-14)16-6-4-3-5-7-16/h8-11,14,16H,2-7,12-13H2,1H3,(H,20,23)/t14-/m0/s1. The SMILES string of the molecule is CCOc1ccc(NC(=O)[C@H]2CC(=O)N(C3CCCCC3)C2)cc1. The van der Waals surface area contributed by atoms with Crippen molar-refractivity contribution in [1.29, 1.82) is 0 Å². The van der Waals surface area contributed by atoms with Crippen LogP contribution < -0.4 is 10.1 Å². The van der Waals surface area contributed by atoms with Crippen LogP contribution in [-0.4, -0.2) is 35.9 Å². The molecule has 1 aromatic rings. The van der Waals surface area contributed by atoms with Gasteiger partial charge in [-0.25, -0.2) is 0 Å². The van der Waals surface area contributed by atoms with Crippen LogP contribution in [-0.2, 0) is 9.59 Å². The molecule has 2 amide bonds. The number of benzene rings is 1. The Morgan fingerprint density at radius 3 is 2.58 bits per heavy atom. The number of nitrogens with one attached hydrogen (secondary N) is 1. The Morgan fingerprint density at radius 1 is 1.21 bits per heavy atom. The summed E-state index contributed by atoms with van der Waals surface area (Å²) in [6.45, 7) is 3.12. The van der Waals surface area contributed by atoms with Crippen LogP contribution in [0, 0.1) is 5.92 Å². The van der Waals surface area contributed by atoms with Gasteiger partial charge in [-0.05, 0) is 44.0 Å². The monoisotopic (exact) mass is 330 g/mol. The minimum absolute atomic E-state index is 0.0641. The number of carbonyl (C=O) groups excluding carboxylic acids is 2. The van der Waals surface area contributed by atoms with Crippen LogP contribution >= 0.6 is 0 Å². The first-order valence-electron chi connectivity index (χ1n) is 9.00. The second-order valence-corrected chi connectivity index (χ2v) is 6.69. The highest BCUT2D eigenvalue weighted by atomic mass is 16.5. The number of nitrogens with zero attached hydrogens (tertiary/aromatic N) is 1. The zero-order valence-corrected chi connectivity index (χ0v) is 14.3. The first kappa shape index (κ1) is 16.8. The number of amides is 2. The normalized spacial score (nSPS) is 21.8. The summed E-state index contributed by atoms with van der Waals surface area (Å²) < 4.78 is 5.40. The molecule has 0 spiro atoms. The minimum atomic E-state index is -0.244. The zero-order valence-electron chi connectivity index (χ0n) is 14.3. The second kappa shape index (κ2) is 7.69. The van der Waals surface area contributed by atoms with Gasteiger partial charge in [-0.1, -0.05) is 19.3 Å². The van der Waals surface area contributed by atoms with Gasteiger partial charge in [0.2, 0.25) is 11.8 Å². The summed E-state index contributed by atoms with van der Waals surface area (Å²) in [6.07, 6.45) is 6.15. The van der Waals surface area contributed by atoms with Gasteiger partial charge in [-0.3, -0.25) is 9.59 Å². The highest BCUT2D eigenvalue weighted by Crippen LogP contribution is 2.29. The molecule has 1 saturated carbocycles. The number of rotatable bonds is 5. The van der Waals surface area contributed by atoms with Crippen LogP contribution in [0.3, 0.4) is 0 Å². The molecule has 1 N–H and O–H groups in total. The summed E-state index contributed by atoms with van der Waals surface area (Å²) in [4.78, 5) is 26.7. The molecule has 0 bridgehead atoms. The lowest BCUT2D eigenvalue weighted by Gasteiger charge is -2.31. The van der Waals surface area contributed by atoms with Gasteiger partial charge in [-0.2, -0.15) is 0 Å². The minimum Gasteiger partial charge on any atom is -0.494 e. The van der Waals surface area contributed by atoms with E-state index in [1.54, 1.807) is 0 Å². The largest absolute Gasteiger partial charge is 0.494 e. The van der Waals surface area contributed by atoms with Gasteiger partial charge in [0.1, 0.15) is 5.75 Å². The second-order valence-electron chi connectivity index (χ2n) is 6.69. The van der Waals surface area contributed by atoms with Crippen LogP contribution in [0.4, 0.5) is 5.69 Å². The van der Waals surface area contributed by atoms with E-state index in [1.165, 1.54) is 19.3 Å². The van der Waals surface area contributed by atoms with Gasteiger partial charge in [0.25, 0.3) is 0 Å². The topological polar surface area (TPSA) is 58.6 Å². The summed E-state index contributed by atoms with van der Waals surface area (Å²) in [5.74, 6) is 0.612. The Labute approximate surface area is 143 Å². The smallest absolute Gasteiger partial charge is 0.229 e. The molecule has 1 heterocycles. The third-order valence-electron chi connectivity index (χ3n) is 4.98. The molecule has 1 aromatic carbocycles. The molecule has 5 heteroatoms. The van der Waals surface area contributed by atoms with Gasteiger partial charge in [-0.15, -0.1) is 0 Å². The molecule has 24 heavy (non-hydrogen) atoms. The molecule has 5 nitrogen and oxygen atoms in total. The van der Waals surface area contributed by atoms with E-state index < -0.39 is 0 Å². The van der Waals surface area contributed by atoms with E-state index in [9.17, 15) is 9.59 Å². The lowest BCUT2D eigenvalue weighted by atomic mass is 9.94. The van der Waals surface area contributed by atoms with Crippen LogP contribution in [0.15, 0.2) is 24.3 Å². The number of hydrogen-bond donors (Lipinski definition) is 1. The Hall–Kier alpha value is -2.04. The fraction of sp³-hybridized carbons (Fsp3) is 0.579. The predicted octanol–water partition coefficient (Wildman–Crippen LogP) is 3.21. The van der Waals surface area contributed by atoms with Gasteiger partial charge in [0.05, 0.1) is 12.5 Å².